The van der Waals surface area contributed by atoms with Gasteiger partial charge in [0.2, 0.25) is 5.91 Å². The number of carbonyl (C=O) groups excluding carboxylic acids is 3. The largest absolute Gasteiger partial charge is 0.497 e. The van der Waals surface area contributed by atoms with Crippen molar-refractivity contribution in [1.82, 2.24) is 15.5 Å². The van der Waals surface area contributed by atoms with Crippen LogP contribution in [-0.2, 0) is 16.0 Å². The Morgan fingerprint density at radius 2 is 2.07 bits per heavy atom. The lowest BCUT2D eigenvalue weighted by molar-refractivity contribution is -0.131. The number of hydrogen-bond donors (Lipinski definition) is 2. The van der Waals surface area contributed by atoms with E-state index in [9.17, 15) is 14.4 Å². The molecule has 7 nitrogen and oxygen atoms in total. The first-order valence-corrected chi connectivity index (χ1v) is 9.58. The molecule has 0 bridgehead atoms. The number of nitrogens with one attached hydrogen (secondary N) is 2. The molecule has 0 radical (unpaired) electrons. The van der Waals surface area contributed by atoms with Gasteiger partial charge in [-0.2, -0.15) is 0 Å². The minimum atomic E-state index is -0.656. The molecule has 0 atom stereocenters. The highest BCUT2D eigenvalue weighted by molar-refractivity contribution is 6.07. The molecule has 0 unspecified atom stereocenters. The van der Waals surface area contributed by atoms with E-state index in [4.69, 9.17) is 4.74 Å². The standard InChI is InChI=1S/C20H27N3O4/c1-27-16-7-4-6-15(14-16)8-9-17(24)21-12-5-13-23-18(25)20(22-19(23)26)10-2-3-11-20/h4,6-7,14H,2-3,5,8-13H2,1H3,(H,21,24)(H,22,26). The van der Waals surface area contributed by atoms with Crippen molar-refractivity contribution in [2.75, 3.05) is 20.2 Å². The molecule has 2 N–H and O–H groups in total. The highest BCUT2D eigenvalue weighted by atomic mass is 16.5. The van der Waals surface area contributed by atoms with Crippen LogP contribution in [0.2, 0.25) is 0 Å². The average molecular weight is 373 g/mol. The molecule has 2 fully saturated rings. The lowest BCUT2D eigenvalue weighted by Gasteiger charge is -2.20. The first-order chi connectivity index (χ1) is 13.0. The Kier molecular flexibility index (Phi) is 5.98. The third-order valence-electron chi connectivity index (χ3n) is 5.36. The summed E-state index contributed by atoms with van der Waals surface area (Å²) in [6.07, 6.45) is 4.99. The third kappa shape index (κ3) is 4.40. The van der Waals surface area contributed by atoms with Crippen molar-refractivity contribution in [2.45, 2.75) is 50.5 Å². The second kappa shape index (κ2) is 8.41. The Balaban J connectivity index is 1.36. The fourth-order valence-corrected chi connectivity index (χ4v) is 3.84. The van der Waals surface area contributed by atoms with E-state index < -0.39 is 5.54 Å². The number of aryl methyl sites for hydroxylation is 1. The second-order valence-electron chi connectivity index (χ2n) is 7.23. The molecule has 7 heteroatoms. The Morgan fingerprint density at radius 1 is 1.30 bits per heavy atom. The SMILES string of the molecule is COc1cccc(CCC(=O)NCCCN2C(=O)NC3(CCCC3)C2=O)c1. The molecule has 1 aromatic rings. The van der Waals surface area contributed by atoms with Crippen molar-refractivity contribution in [3.05, 3.63) is 29.8 Å². The van der Waals surface area contributed by atoms with Crippen LogP contribution in [0.25, 0.3) is 0 Å². The van der Waals surface area contributed by atoms with Gasteiger partial charge in [0.25, 0.3) is 5.91 Å². The normalized spacial score (nSPS) is 18.0. The van der Waals surface area contributed by atoms with Crippen LogP contribution < -0.4 is 15.4 Å². The third-order valence-corrected chi connectivity index (χ3v) is 5.36. The Hall–Kier alpha value is -2.57. The van der Waals surface area contributed by atoms with Crippen LogP contribution in [0, 0.1) is 0 Å². The highest BCUT2D eigenvalue weighted by Crippen LogP contribution is 2.34. The van der Waals surface area contributed by atoms with E-state index >= 15 is 0 Å². The van der Waals surface area contributed by atoms with E-state index in [1.54, 1.807) is 7.11 Å². The zero-order chi connectivity index (χ0) is 19.3. The van der Waals surface area contributed by atoms with Crippen molar-refractivity contribution in [2.24, 2.45) is 0 Å². The molecule has 1 aliphatic heterocycles. The molecule has 27 heavy (non-hydrogen) atoms. The quantitative estimate of drug-likeness (QED) is 0.539. The molecule has 1 aromatic carbocycles. The lowest BCUT2D eigenvalue weighted by atomic mass is 9.98. The first kappa shape index (κ1) is 19.2. The van der Waals surface area contributed by atoms with Crippen LogP contribution in [0.15, 0.2) is 24.3 Å². The monoisotopic (exact) mass is 373 g/mol. The van der Waals surface area contributed by atoms with Gasteiger partial charge in [0.15, 0.2) is 0 Å². The van der Waals surface area contributed by atoms with Gasteiger partial charge in [-0.05, 0) is 43.4 Å². The summed E-state index contributed by atoms with van der Waals surface area (Å²) in [4.78, 5) is 37.9. The fourth-order valence-electron chi connectivity index (χ4n) is 3.84. The number of carbonyl (C=O) groups is 3. The van der Waals surface area contributed by atoms with Crippen molar-refractivity contribution in [3.8, 4) is 5.75 Å². The fraction of sp³-hybridized carbons (Fsp3) is 0.550. The van der Waals surface area contributed by atoms with E-state index in [-0.39, 0.29) is 17.8 Å². The van der Waals surface area contributed by atoms with Crippen LogP contribution in [-0.4, -0.2) is 48.5 Å². The molecule has 4 amide bonds. The maximum absolute atomic E-state index is 12.5. The number of urea groups is 1. The van der Waals surface area contributed by atoms with E-state index in [1.807, 2.05) is 24.3 Å². The molecule has 146 valence electrons. The van der Waals surface area contributed by atoms with Gasteiger partial charge in [-0.25, -0.2) is 4.79 Å². The summed E-state index contributed by atoms with van der Waals surface area (Å²) >= 11 is 0. The molecular weight excluding hydrogens is 346 g/mol. The molecular formula is C20H27N3O4. The summed E-state index contributed by atoms with van der Waals surface area (Å²) in [5.41, 5.74) is 0.391. The molecule has 1 spiro atoms. The lowest BCUT2D eigenvalue weighted by Crippen LogP contribution is -2.44. The van der Waals surface area contributed by atoms with Gasteiger partial charge in [-0.15, -0.1) is 0 Å². The number of ether oxygens (including phenoxy) is 1. The minimum Gasteiger partial charge on any atom is -0.497 e. The number of nitrogens with zero attached hydrogens (tertiary/aromatic N) is 1. The van der Waals surface area contributed by atoms with Gasteiger partial charge in [-0.3, -0.25) is 14.5 Å². The highest BCUT2D eigenvalue weighted by Gasteiger charge is 2.51. The van der Waals surface area contributed by atoms with Gasteiger partial charge in [-0.1, -0.05) is 25.0 Å². The topological polar surface area (TPSA) is 87.7 Å². The summed E-state index contributed by atoms with van der Waals surface area (Å²) in [6, 6.07) is 7.36. The molecule has 1 saturated heterocycles. The van der Waals surface area contributed by atoms with Gasteiger partial charge in [0.1, 0.15) is 11.3 Å². The van der Waals surface area contributed by atoms with E-state index in [0.29, 0.717) is 32.4 Å². The molecule has 1 saturated carbocycles. The zero-order valence-electron chi connectivity index (χ0n) is 15.8. The first-order valence-electron chi connectivity index (χ1n) is 9.58. The van der Waals surface area contributed by atoms with Gasteiger partial charge >= 0.3 is 6.03 Å². The molecule has 3 rings (SSSR count). The molecule has 1 heterocycles. The van der Waals surface area contributed by atoms with Crippen LogP contribution in [0.5, 0.6) is 5.75 Å². The van der Waals surface area contributed by atoms with Crippen LogP contribution in [0.3, 0.4) is 0 Å². The Bertz CT molecular complexity index is 713. The number of amides is 4. The summed E-state index contributed by atoms with van der Waals surface area (Å²) in [5.74, 6) is 0.637. The Labute approximate surface area is 159 Å². The second-order valence-corrected chi connectivity index (χ2v) is 7.23. The van der Waals surface area contributed by atoms with E-state index in [1.165, 1.54) is 4.90 Å². The average Bonchev–Trinajstić information content (AvgIpc) is 3.23. The Morgan fingerprint density at radius 3 is 2.81 bits per heavy atom. The van der Waals surface area contributed by atoms with Gasteiger partial charge < -0.3 is 15.4 Å². The summed E-state index contributed by atoms with van der Waals surface area (Å²) in [7, 11) is 1.62. The summed E-state index contributed by atoms with van der Waals surface area (Å²) in [5, 5.41) is 5.72. The predicted molar refractivity (Wildman–Crippen MR) is 100 cm³/mol. The van der Waals surface area contributed by atoms with Gasteiger partial charge in [0, 0.05) is 19.5 Å². The van der Waals surface area contributed by atoms with Crippen molar-refractivity contribution in [3.63, 3.8) is 0 Å². The predicted octanol–water partition coefficient (Wildman–Crippen LogP) is 2.00. The maximum Gasteiger partial charge on any atom is 0.325 e. The van der Waals surface area contributed by atoms with Crippen molar-refractivity contribution < 1.29 is 19.1 Å². The number of hydrogen-bond acceptors (Lipinski definition) is 4. The summed E-state index contributed by atoms with van der Waals surface area (Å²) < 4.78 is 5.18. The van der Waals surface area contributed by atoms with Crippen molar-refractivity contribution in [1.29, 1.82) is 0 Å². The minimum absolute atomic E-state index is 0.0396. The van der Waals surface area contributed by atoms with E-state index in [0.717, 1.165) is 37.0 Å². The van der Waals surface area contributed by atoms with Crippen LogP contribution >= 0.6 is 0 Å². The zero-order valence-corrected chi connectivity index (χ0v) is 15.8. The number of imide groups is 1. The molecule has 0 aromatic heterocycles. The van der Waals surface area contributed by atoms with Crippen molar-refractivity contribution >= 4 is 17.8 Å². The number of benzene rings is 1. The van der Waals surface area contributed by atoms with Gasteiger partial charge in [0.05, 0.1) is 7.11 Å². The number of methoxy groups -OCH3 is 1. The smallest absolute Gasteiger partial charge is 0.325 e. The maximum atomic E-state index is 12.5. The van der Waals surface area contributed by atoms with E-state index in [2.05, 4.69) is 10.6 Å². The van der Waals surface area contributed by atoms with Crippen LogP contribution in [0.1, 0.15) is 44.1 Å². The summed E-state index contributed by atoms with van der Waals surface area (Å²) in [6.45, 7) is 0.781. The number of rotatable bonds is 8. The molecule has 2 aliphatic rings. The van der Waals surface area contributed by atoms with Crippen LogP contribution in [0.4, 0.5) is 4.79 Å². The molecule has 1 aliphatic carbocycles.